The van der Waals surface area contributed by atoms with E-state index < -0.39 is 11.8 Å². The summed E-state index contributed by atoms with van der Waals surface area (Å²) in [6, 6.07) is 19.7. The number of piperidine rings is 1. The summed E-state index contributed by atoms with van der Waals surface area (Å²) in [6.07, 6.45) is 2.01. The van der Waals surface area contributed by atoms with Crippen LogP contribution in [-0.2, 0) is 23.6 Å². The molecule has 0 spiro atoms. The molecule has 0 bridgehead atoms. The van der Waals surface area contributed by atoms with Crippen LogP contribution >= 0.6 is 0 Å². The number of carbonyl (C=O) groups is 1. The number of aromatic carboxylic acids is 1. The van der Waals surface area contributed by atoms with Gasteiger partial charge in [-0.3, -0.25) is 4.90 Å². The molecule has 0 radical (unpaired) electrons. The highest BCUT2D eigenvalue weighted by Gasteiger charge is 2.41. The van der Waals surface area contributed by atoms with E-state index in [2.05, 4.69) is 52.8 Å². The van der Waals surface area contributed by atoms with Gasteiger partial charge in [0.05, 0.1) is 29.7 Å². The van der Waals surface area contributed by atoms with Crippen molar-refractivity contribution in [3.63, 3.8) is 0 Å². The number of ether oxygens (including phenoxy) is 3. The second-order valence-electron chi connectivity index (χ2n) is 10.9. The third-order valence-corrected chi connectivity index (χ3v) is 8.17. The van der Waals surface area contributed by atoms with E-state index in [4.69, 9.17) is 19.2 Å². The topological polar surface area (TPSA) is 86.0 Å². The number of methoxy groups -OCH3 is 1. The maximum atomic E-state index is 11.6. The fraction of sp³-hybridized carbons (Fsp3) is 0.412. The average Bonchev–Trinajstić information content (AvgIpc) is 3.54. The monoisotopic (exact) mass is 571 g/mol. The summed E-state index contributed by atoms with van der Waals surface area (Å²) in [6.45, 7) is 11.8. The van der Waals surface area contributed by atoms with Crippen LogP contribution in [0.4, 0.5) is 0 Å². The second kappa shape index (κ2) is 12.5. The number of carboxylic acid groups (broad SMARTS) is 1. The number of fused-ring (bicyclic) bond motifs is 2. The Hall–Kier alpha value is -3.88. The Morgan fingerprint density at radius 1 is 1.07 bits per heavy atom. The molecule has 2 aliphatic rings. The van der Waals surface area contributed by atoms with Gasteiger partial charge in [0, 0.05) is 31.7 Å². The predicted octanol–water partition coefficient (Wildman–Crippen LogP) is 6.74. The largest absolute Gasteiger partial charge is 0.478 e. The number of benzene rings is 3. The van der Waals surface area contributed by atoms with Gasteiger partial charge < -0.3 is 23.9 Å². The first-order valence-electron chi connectivity index (χ1n) is 14.9. The third-order valence-electron chi connectivity index (χ3n) is 8.17. The van der Waals surface area contributed by atoms with Gasteiger partial charge in [-0.2, -0.15) is 0 Å². The lowest BCUT2D eigenvalue weighted by molar-refractivity contribution is -0.0685. The van der Waals surface area contributed by atoms with Crippen molar-refractivity contribution in [1.82, 2.24) is 14.5 Å². The number of aryl methyl sites for hydroxylation is 1. The molecular formula is C34H41N3O5. The number of nitrogens with zero attached hydrogens (tertiary/aromatic N) is 3. The smallest absolute Gasteiger partial charge is 0.335 e. The molecule has 1 saturated heterocycles. The van der Waals surface area contributed by atoms with Crippen molar-refractivity contribution >= 4 is 17.0 Å². The Kier molecular flexibility index (Phi) is 8.85. The van der Waals surface area contributed by atoms with Crippen LogP contribution < -0.4 is 9.47 Å². The lowest BCUT2D eigenvalue weighted by atomic mass is 9.88. The summed E-state index contributed by atoms with van der Waals surface area (Å²) < 4.78 is 20.3. The van der Waals surface area contributed by atoms with Crippen molar-refractivity contribution in [3.05, 3.63) is 88.7 Å². The molecule has 0 aliphatic carbocycles. The fourth-order valence-electron chi connectivity index (χ4n) is 5.90. The summed E-state index contributed by atoms with van der Waals surface area (Å²) in [7, 11) is 1.67. The van der Waals surface area contributed by atoms with E-state index in [-0.39, 0.29) is 5.56 Å². The number of hydrogen-bond donors (Lipinski definition) is 1. The number of imidazole rings is 1. The SMILES string of the molecule is CC.COCCn1c(CN2CCC(c3cccc4c3OC(C)(c3ccc(C)cc3)O4)CC2)nc2ccc(C(=O)O)cc21. The molecule has 1 fully saturated rings. The van der Waals surface area contributed by atoms with Crippen LogP contribution in [0, 0.1) is 6.92 Å². The molecule has 4 aromatic rings. The molecule has 1 atom stereocenters. The van der Waals surface area contributed by atoms with Gasteiger partial charge in [-0.25, -0.2) is 9.78 Å². The summed E-state index contributed by atoms with van der Waals surface area (Å²) in [5.74, 6) is 1.19. The van der Waals surface area contributed by atoms with Gasteiger partial charge in [0.15, 0.2) is 11.5 Å². The Balaban J connectivity index is 0.00000173. The van der Waals surface area contributed by atoms with Crippen molar-refractivity contribution in [2.45, 2.75) is 65.3 Å². The van der Waals surface area contributed by atoms with Gasteiger partial charge in [0.25, 0.3) is 5.79 Å². The number of rotatable bonds is 8. The highest BCUT2D eigenvalue weighted by molar-refractivity contribution is 5.92. The van der Waals surface area contributed by atoms with E-state index in [1.54, 1.807) is 25.3 Å². The van der Waals surface area contributed by atoms with Crippen LogP contribution in [0.25, 0.3) is 11.0 Å². The van der Waals surface area contributed by atoms with E-state index in [1.165, 1.54) is 11.1 Å². The van der Waals surface area contributed by atoms with E-state index in [0.29, 0.717) is 25.6 Å². The molecule has 42 heavy (non-hydrogen) atoms. The molecule has 1 unspecified atom stereocenters. The van der Waals surface area contributed by atoms with Crippen LogP contribution in [0.1, 0.15) is 72.4 Å². The van der Waals surface area contributed by atoms with Crippen molar-refractivity contribution in [2.24, 2.45) is 0 Å². The Labute approximate surface area is 247 Å². The van der Waals surface area contributed by atoms with E-state index in [0.717, 1.165) is 59.9 Å². The van der Waals surface area contributed by atoms with Crippen LogP contribution in [0.2, 0.25) is 0 Å². The fourth-order valence-corrected chi connectivity index (χ4v) is 5.90. The molecule has 3 heterocycles. The number of carboxylic acids is 1. The molecule has 3 aromatic carbocycles. The molecule has 0 saturated carbocycles. The maximum absolute atomic E-state index is 11.6. The minimum atomic E-state index is -0.939. The van der Waals surface area contributed by atoms with Gasteiger partial charge in [-0.15, -0.1) is 0 Å². The lowest BCUT2D eigenvalue weighted by Crippen LogP contribution is -2.34. The zero-order valence-electron chi connectivity index (χ0n) is 25.2. The van der Waals surface area contributed by atoms with Crippen LogP contribution in [0.3, 0.4) is 0 Å². The third kappa shape index (κ3) is 5.87. The normalized spacial score (nSPS) is 18.6. The predicted molar refractivity (Wildman–Crippen MR) is 163 cm³/mol. The van der Waals surface area contributed by atoms with Crippen molar-refractivity contribution < 1.29 is 24.1 Å². The Bertz CT molecular complexity index is 1540. The first-order chi connectivity index (χ1) is 20.3. The molecule has 8 nitrogen and oxygen atoms in total. The first kappa shape index (κ1) is 29.6. The van der Waals surface area contributed by atoms with Gasteiger partial charge in [0.2, 0.25) is 0 Å². The number of hydrogen-bond acceptors (Lipinski definition) is 6. The molecule has 8 heteroatoms. The van der Waals surface area contributed by atoms with Crippen molar-refractivity contribution in [2.75, 3.05) is 26.8 Å². The van der Waals surface area contributed by atoms with E-state index in [1.807, 2.05) is 26.8 Å². The summed E-state index contributed by atoms with van der Waals surface area (Å²) in [5.41, 5.74) is 5.31. The molecule has 1 N–H and O–H groups in total. The van der Waals surface area contributed by atoms with Crippen LogP contribution in [0.5, 0.6) is 11.5 Å². The highest BCUT2D eigenvalue weighted by Crippen LogP contribution is 2.49. The van der Waals surface area contributed by atoms with Crippen molar-refractivity contribution in [1.29, 1.82) is 0 Å². The quantitative estimate of drug-likeness (QED) is 0.251. The molecule has 1 aromatic heterocycles. The first-order valence-corrected chi connectivity index (χ1v) is 14.9. The lowest BCUT2D eigenvalue weighted by Gasteiger charge is -2.32. The van der Waals surface area contributed by atoms with Crippen LogP contribution in [0.15, 0.2) is 60.7 Å². The standard InChI is InChI=1S/C32H35N3O5.C2H6/c1-21-7-10-24(11-8-21)32(2)39-28-6-4-5-25(30(28)40-32)22-13-15-34(16-14-22)20-29-33-26-12-9-23(31(36)37)19-27(26)35(29)17-18-38-3;1-2/h4-12,19,22H,13-18,20H2,1-3H3,(H,36,37);1-2H3. The summed E-state index contributed by atoms with van der Waals surface area (Å²) in [5, 5.41) is 9.47. The second-order valence-corrected chi connectivity index (χ2v) is 10.9. The van der Waals surface area contributed by atoms with Crippen LogP contribution in [-0.4, -0.2) is 52.3 Å². The molecule has 6 rings (SSSR count). The Morgan fingerprint density at radius 3 is 2.50 bits per heavy atom. The molecular weight excluding hydrogens is 530 g/mol. The van der Waals surface area contributed by atoms with E-state index in [9.17, 15) is 9.90 Å². The zero-order chi connectivity index (χ0) is 29.9. The molecule has 0 amide bonds. The maximum Gasteiger partial charge on any atom is 0.335 e. The minimum Gasteiger partial charge on any atom is -0.478 e. The summed E-state index contributed by atoms with van der Waals surface area (Å²) in [4.78, 5) is 18.9. The zero-order valence-corrected chi connectivity index (χ0v) is 25.2. The number of likely N-dealkylation sites (tertiary alicyclic amines) is 1. The van der Waals surface area contributed by atoms with Gasteiger partial charge in [-0.05, 0) is 63.0 Å². The summed E-state index contributed by atoms with van der Waals surface area (Å²) >= 11 is 0. The highest BCUT2D eigenvalue weighted by atomic mass is 16.7. The molecule has 222 valence electrons. The van der Waals surface area contributed by atoms with Gasteiger partial charge in [0.1, 0.15) is 5.82 Å². The van der Waals surface area contributed by atoms with Crippen molar-refractivity contribution in [3.8, 4) is 11.5 Å². The average molecular weight is 572 g/mol. The van der Waals surface area contributed by atoms with Gasteiger partial charge >= 0.3 is 5.97 Å². The number of para-hydroxylation sites is 1. The van der Waals surface area contributed by atoms with Gasteiger partial charge in [-0.1, -0.05) is 55.8 Å². The van der Waals surface area contributed by atoms with E-state index >= 15 is 0 Å². The number of aromatic nitrogens is 2. The molecule has 2 aliphatic heterocycles. The Morgan fingerprint density at radius 2 is 1.81 bits per heavy atom. The minimum absolute atomic E-state index is 0.262.